The topological polar surface area (TPSA) is 24.1 Å². The lowest BCUT2D eigenvalue weighted by molar-refractivity contribution is 0.817. The third-order valence-electron chi connectivity index (χ3n) is 2.69. The van der Waals surface area contributed by atoms with Gasteiger partial charge in [-0.15, -0.1) is 0 Å². The Balaban J connectivity index is 0.000000191. The van der Waals surface area contributed by atoms with Crippen molar-refractivity contribution in [3.63, 3.8) is 0 Å². The minimum atomic E-state index is 0.959. The predicted octanol–water partition coefficient (Wildman–Crippen LogP) is 3.12. The first-order valence-corrected chi connectivity index (χ1v) is 6.65. The van der Waals surface area contributed by atoms with Crippen LogP contribution in [0.25, 0.3) is 0 Å². The number of hydrogen-bond donors (Lipinski definition) is 2. The van der Waals surface area contributed by atoms with E-state index in [1.54, 1.807) is 0 Å². The molecule has 2 N–H and O–H groups in total. The molecule has 102 valence electrons. The van der Waals surface area contributed by atoms with Crippen molar-refractivity contribution in [1.82, 2.24) is 10.6 Å². The molecule has 0 unspecified atom stereocenters. The van der Waals surface area contributed by atoms with E-state index in [9.17, 15) is 0 Å². The second-order valence-corrected chi connectivity index (χ2v) is 4.54. The Hall–Kier alpha value is -1.64. The van der Waals surface area contributed by atoms with E-state index in [1.807, 2.05) is 32.3 Å². The first-order chi connectivity index (χ1) is 9.26. The van der Waals surface area contributed by atoms with Crippen LogP contribution in [0.3, 0.4) is 0 Å². The third-order valence-corrected chi connectivity index (χ3v) is 2.69. The molecule has 0 aromatic heterocycles. The van der Waals surface area contributed by atoms with Gasteiger partial charge in [-0.3, -0.25) is 0 Å². The second-order valence-electron chi connectivity index (χ2n) is 4.54. The highest BCUT2D eigenvalue weighted by molar-refractivity contribution is 5.21. The summed E-state index contributed by atoms with van der Waals surface area (Å²) >= 11 is 0. The summed E-state index contributed by atoms with van der Waals surface area (Å²) in [5.41, 5.74) is 4.01. The van der Waals surface area contributed by atoms with Crippen LogP contribution < -0.4 is 10.6 Å². The van der Waals surface area contributed by atoms with Gasteiger partial charge >= 0.3 is 0 Å². The van der Waals surface area contributed by atoms with Crippen molar-refractivity contribution in [2.75, 3.05) is 14.1 Å². The molecule has 0 spiro atoms. The monoisotopic (exact) mass is 256 g/mol. The molecule has 2 nitrogen and oxygen atoms in total. The molecule has 2 heteroatoms. The molecule has 0 aliphatic heterocycles. The first-order valence-electron chi connectivity index (χ1n) is 6.65. The van der Waals surface area contributed by atoms with Crippen molar-refractivity contribution < 1.29 is 0 Å². The van der Waals surface area contributed by atoms with Gasteiger partial charge in [-0.1, -0.05) is 60.2 Å². The molecular weight excluding hydrogens is 232 g/mol. The fraction of sp³-hybridized carbons (Fsp3) is 0.294. The second kappa shape index (κ2) is 9.31. The normalized spacial score (nSPS) is 9.63. The largest absolute Gasteiger partial charge is 0.316 e. The quantitative estimate of drug-likeness (QED) is 0.878. The fourth-order valence-electron chi connectivity index (χ4n) is 1.83. The summed E-state index contributed by atoms with van der Waals surface area (Å²) < 4.78 is 0. The number of aryl methyl sites for hydroxylation is 1. The van der Waals surface area contributed by atoms with Crippen LogP contribution in [0.15, 0.2) is 54.6 Å². The van der Waals surface area contributed by atoms with E-state index in [1.165, 1.54) is 16.7 Å². The van der Waals surface area contributed by atoms with Gasteiger partial charge in [-0.2, -0.15) is 0 Å². The maximum atomic E-state index is 3.11. The Labute approximate surface area is 116 Å². The summed E-state index contributed by atoms with van der Waals surface area (Å²) in [7, 11) is 3.91. The van der Waals surface area contributed by atoms with E-state index in [-0.39, 0.29) is 0 Å². The van der Waals surface area contributed by atoms with Crippen LogP contribution in [0.4, 0.5) is 0 Å². The summed E-state index contributed by atoms with van der Waals surface area (Å²) in [5, 5.41) is 6.20. The maximum Gasteiger partial charge on any atom is 0.0202 e. The standard InChI is InChI=1S/C9H13N.C8H11N/c1-8-4-3-5-9(6-8)7-10-2;1-9-7-8-5-3-2-4-6-8/h3-6,10H,7H2,1-2H3;2-6,9H,7H2,1H3. The number of rotatable bonds is 4. The van der Waals surface area contributed by atoms with Crippen molar-refractivity contribution in [3.05, 3.63) is 71.3 Å². The minimum Gasteiger partial charge on any atom is -0.316 e. The molecule has 2 rings (SSSR count). The van der Waals surface area contributed by atoms with Crippen LogP contribution in [0, 0.1) is 6.92 Å². The predicted molar refractivity (Wildman–Crippen MR) is 83.1 cm³/mol. The smallest absolute Gasteiger partial charge is 0.0202 e. The lowest BCUT2D eigenvalue weighted by Gasteiger charge is -1.99. The van der Waals surface area contributed by atoms with E-state index < -0.39 is 0 Å². The highest BCUT2D eigenvalue weighted by Gasteiger charge is 1.88. The van der Waals surface area contributed by atoms with Gasteiger partial charge in [0.05, 0.1) is 0 Å². The van der Waals surface area contributed by atoms with Crippen LogP contribution in [0.2, 0.25) is 0 Å². The molecule has 19 heavy (non-hydrogen) atoms. The number of nitrogens with one attached hydrogen (secondary N) is 2. The average molecular weight is 256 g/mol. The minimum absolute atomic E-state index is 0.959. The third kappa shape index (κ3) is 6.75. The fourth-order valence-corrected chi connectivity index (χ4v) is 1.83. The number of benzene rings is 2. The van der Waals surface area contributed by atoms with E-state index in [0.717, 1.165) is 13.1 Å². The van der Waals surface area contributed by atoms with E-state index in [4.69, 9.17) is 0 Å². The molecule has 0 bridgehead atoms. The van der Waals surface area contributed by atoms with Crippen molar-refractivity contribution in [3.8, 4) is 0 Å². The SMILES string of the molecule is CNCc1cccc(C)c1.CNCc1ccccc1. The Kier molecular flexibility index (Phi) is 7.56. The van der Waals surface area contributed by atoms with Crippen LogP contribution in [-0.4, -0.2) is 14.1 Å². The van der Waals surface area contributed by atoms with Crippen molar-refractivity contribution in [1.29, 1.82) is 0 Å². The first kappa shape index (κ1) is 15.4. The van der Waals surface area contributed by atoms with E-state index in [0.29, 0.717) is 0 Å². The Morgan fingerprint density at radius 2 is 1.32 bits per heavy atom. The zero-order valence-electron chi connectivity index (χ0n) is 12.1. The van der Waals surface area contributed by atoms with Crippen molar-refractivity contribution in [2.45, 2.75) is 20.0 Å². The van der Waals surface area contributed by atoms with E-state index >= 15 is 0 Å². The van der Waals surface area contributed by atoms with Gasteiger partial charge in [0, 0.05) is 13.1 Å². The number of hydrogen-bond acceptors (Lipinski definition) is 2. The van der Waals surface area contributed by atoms with Crippen LogP contribution in [0.1, 0.15) is 16.7 Å². The van der Waals surface area contributed by atoms with Crippen molar-refractivity contribution in [2.24, 2.45) is 0 Å². The Morgan fingerprint density at radius 1 is 0.737 bits per heavy atom. The lowest BCUT2D eigenvalue weighted by Crippen LogP contribution is -2.04. The van der Waals surface area contributed by atoms with E-state index in [2.05, 4.69) is 54.0 Å². The van der Waals surface area contributed by atoms with Gasteiger partial charge in [0.1, 0.15) is 0 Å². The summed E-state index contributed by atoms with van der Waals surface area (Å²) in [6.07, 6.45) is 0. The molecule has 0 saturated carbocycles. The van der Waals surface area contributed by atoms with Gasteiger partial charge in [0.15, 0.2) is 0 Å². The van der Waals surface area contributed by atoms with Crippen LogP contribution in [0.5, 0.6) is 0 Å². The Bertz CT molecular complexity index is 452. The molecule has 0 saturated heterocycles. The Morgan fingerprint density at radius 3 is 1.89 bits per heavy atom. The van der Waals surface area contributed by atoms with Crippen LogP contribution >= 0.6 is 0 Å². The summed E-state index contributed by atoms with van der Waals surface area (Å²) in [6.45, 7) is 4.03. The zero-order valence-corrected chi connectivity index (χ0v) is 12.1. The summed E-state index contributed by atoms with van der Waals surface area (Å²) in [5.74, 6) is 0. The molecule has 0 fully saturated rings. The molecule has 0 atom stereocenters. The average Bonchev–Trinajstić information content (AvgIpc) is 2.41. The van der Waals surface area contributed by atoms with Gasteiger partial charge in [-0.25, -0.2) is 0 Å². The summed E-state index contributed by atoms with van der Waals surface area (Å²) in [6, 6.07) is 18.9. The van der Waals surface area contributed by atoms with Gasteiger partial charge in [0.25, 0.3) is 0 Å². The van der Waals surface area contributed by atoms with Crippen LogP contribution in [-0.2, 0) is 13.1 Å². The molecule has 0 radical (unpaired) electrons. The molecule has 2 aromatic carbocycles. The highest BCUT2D eigenvalue weighted by atomic mass is 14.8. The zero-order chi connectivity index (χ0) is 13.9. The van der Waals surface area contributed by atoms with Crippen molar-refractivity contribution >= 4 is 0 Å². The van der Waals surface area contributed by atoms with Gasteiger partial charge in [0.2, 0.25) is 0 Å². The summed E-state index contributed by atoms with van der Waals surface area (Å²) in [4.78, 5) is 0. The lowest BCUT2D eigenvalue weighted by atomic mass is 10.1. The van der Waals surface area contributed by atoms with Gasteiger partial charge < -0.3 is 10.6 Å². The molecule has 0 aliphatic rings. The molecule has 2 aromatic rings. The molecule has 0 amide bonds. The molecular formula is C17H24N2. The molecule has 0 heterocycles. The van der Waals surface area contributed by atoms with Gasteiger partial charge in [-0.05, 0) is 32.1 Å². The molecule has 0 aliphatic carbocycles. The highest BCUT2D eigenvalue weighted by Crippen LogP contribution is 2.02. The maximum absolute atomic E-state index is 3.11.